The predicted octanol–water partition coefficient (Wildman–Crippen LogP) is 3.46. The number of hydrogen-bond donors (Lipinski definition) is 1. The first kappa shape index (κ1) is 16.4. The topological polar surface area (TPSA) is 55.4 Å². The molecule has 114 valence electrons. The van der Waals surface area contributed by atoms with Gasteiger partial charge in [-0.3, -0.25) is 9.59 Å². The smallest absolute Gasteiger partial charge is 0.306 e. The van der Waals surface area contributed by atoms with Crippen molar-refractivity contribution in [3.05, 3.63) is 28.7 Å². The molecule has 1 aliphatic carbocycles. The number of nitrogens with one attached hydrogen (secondary N) is 1. The fraction of sp³-hybridized carbons (Fsp3) is 0.467. The van der Waals surface area contributed by atoms with Crippen LogP contribution in [0.1, 0.15) is 19.3 Å². The quantitative estimate of drug-likeness (QED) is 0.745. The molecule has 4 nitrogen and oxygen atoms in total. The minimum Gasteiger partial charge on any atom is -0.469 e. The summed E-state index contributed by atoms with van der Waals surface area (Å²) in [5.74, 6) is 1.05. The van der Waals surface area contributed by atoms with Gasteiger partial charge in [0, 0.05) is 10.2 Å². The van der Waals surface area contributed by atoms with E-state index in [1.54, 1.807) is 11.8 Å². The van der Waals surface area contributed by atoms with Gasteiger partial charge in [-0.15, -0.1) is 0 Å². The van der Waals surface area contributed by atoms with Crippen molar-refractivity contribution in [3.8, 4) is 0 Å². The molecule has 0 saturated heterocycles. The normalized spacial score (nSPS) is 15.3. The lowest BCUT2D eigenvalue weighted by Crippen LogP contribution is -2.17. The molecule has 1 aromatic carbocycles. The fourth-order valence-electron chi connectivity index (χ4n) is 2.02. The molecule has 1 amide bonds. The van der Waals surface area contributed by atoms with Crippen LogP contribution >= 0.6 is 27.7 Å². The molecular weight excluding hydrogens is 354 g/mol. The number of hydrogen-bond acceptors (Lipinski definition) is 4. The second kappa shape index (κ2) is 7.31. The molecule has 21 heavy (non-hydrogen) atoms. The van der Waals surface area contributed by atoms with E-state index in [0.29, 0.717) is 12.2 Å². The van der Waals surface area contributed by atoms with Gasteiger partial charge in [0.1, 0.15) is 0 Å². The summed E-state index contributed by atoms with van der Waals surface area (Å²) < 4.78 is 5.69. The van der Waals surface area contributed by atoms with Crippen LogP contribution in [0.5, 0.6) is 0 Å². The lowest BCUT2D eigenvalue weighted by atomic mass is 10.1. The van der Waals surface area contributed by atoms with E-state index in [-0.39, 0.29) is 17.3 Å². The van der Waals surface area contributed by atoms with E-state index in [1.165, 1.54) is 7.11 Å². The highest BCUT2D eigenvalue weighted by atomic mass is 79.9. The molecule has 1 fully saturated rings. The first-order valence-corrected chi connectivity index (χ1v) is 8.68. The molecule has 2 rings (SSSR count). The molecule has 0 spiro atoms. The van der Waals surface area contributed by atoms with Crippen molar-refractivity contribution < 1.29 is 14.3 Å². The van der Waals surface area contributed by atoms with Crippen LogP contribution in [0.4, 0.5) is 5.69 Å². The molecule has 0 atom stereocenters. The average molecular weight is 372 g/mol. The molecule has 1 aromatic rings. The van der Waals surface area contributed by atoms with Crippen LogP contribution < -0.4 is 5.32 Å². The standard InChI is InChI=1S/C15H18BrNO3S/c1-20-14(19)8-15(6-7-15)10-21-9-13(18)17-12-4-2-11(16)3-5-12/h2-5H,6-10H2,1H3,(H,17,18). The third-order valence-corrected chi connectivity index (χ3v) is 5.28. The summed E-state index contributed by atoms with van der Waals surface area (Å²) in [4.78, 5) is 23.2. The number of ether oxygens (including phenoxy) is 1. The molecule has 1 saturated carbocycles. The number of rotatable bonds is 7. The molecule has 6 heteroatoms. The van der Waals surface area contributed by atoms with Crippen LogP contribution in [-0.4, -0.2) is 30.5 Å². The van der Waals surface area contributed by atoms with Crippen molar-refractivity contribution in [1.29, 1.82) is 0 Å². The Balaban J connectivity index is 1.70. The summed E-state index contributed by atoms with van der Waals surface area (Å²) in [5.41, 5.74) is 0.856. The molecule has 0 radical (unpaired) electrons. The summed E-state index contributed by atoms with van der Waals surface area (Å²) >= 11 is 4.93. The molecule has 0 aromatic heterocycles. The molecule has 1 aliphatic rings. The second-order valence-electron chi connectivity index (χ2n) is 5.30. The first-order chi connectivity index (χ1) is 10.0. The Morgan fingerprint density at radius 3 is 2.57 bits per heavy atom. The van der Waals surface area contributed by atoms with Gasteiger partial charge in [0.25, 0.3) is 0 Å². The van der Waals surface area contributed by atoms with Crippen molar-refractivity contribution in [3.63, 3.8) is 0 Å². The van der Waals surface area contributed by atoms with Crippen molar-refractivity contribution in [2.75, 3.05) is 23.9 Å². The van der Waals surface area contributed by atoms with Gasteiger partial charge in [-0.2, -0.15) is 11.8 Å². The van der Waals surface area contributed by atoms with Gasteiger partial charge < -0.3 is 10.1 Å². The second-order valence-corrected chi connectivity index (χ2v) is 7.20. The van der Waals surface area contributed by atoms with Gasteiger partial charge in [-0.05, 0) is 48.3 Å². The molecule has 0 unspecified atom stereocenters. The van der Waals surface area contributed by atoms with Crippen LogP contribution in [0.2, 0.25) is 0 Å². The third kappa shape index (κ3) is 5.36. The van der Waals surface area contributed by atoms with Gasteiger partial charge in [0.2, 0.25) is 5.91 Å². The molecule has 1 N–H and O–H groups in total. The number of carbonyl (C=O) groups is 2. The summed E-state index contributed by atoms with van der Waals surface area (Å²) in [6, 6.07) is 7.48. The number of methoxy groups -OCH3 is 1. The Hall–Kier alpha value is -1.01. The number of benzene rings is 1. The average Bonchev–Trinajstić information content (AvgIpc) is 3.21. The summed E-state index contributed by atoms with van der Waals surface area (Å²) in [7, 11) is 1.41. The van der Waals surface area contributed by atoms with Crippen molar-refractivity contribution in [2.24, 2.45) is 5.41 Å². The van der Waals surface area contributed by atoms with E-state index < -0.39 is 0 Å². The molecule has 0 aliphatic heterocycles. The van der Waals surface area contributed by atoms with Crippen LogP contribution in [0.25, 0.3) is 0 Å². The van der Waals surface area contributed by atoms with E-state index in [2.05, 4.69) is 21.2 Å². The number of anilines is 1. The van der Waals surface area contributed by atoms with Gasteiger partial charge in [0.05, 0.1) is 19.3 Å². The monoisotopic (exact) mass is 371 g/mol. The zero-order valence-corrected chi connectivity index (χ0v) is 14.3. The number of esters is 1. The summed E-state index contributed by atoms with van der Waals surface area (Å²) in [6.45, 7) is 0. The maximum atomic E-state index is 11.8. The molecular formula is C15H18BrNO3S. The SMILES string of the molecule is COC(=O)CC1(CSCC(=O)Nc2ccc(Br)cc2)CC1. The first-order valence-electron chi connectivity index (χ1n) is 6.73. The minimum absolute atomic E-state index is 0.0174. The zero-order chi connectivity index (χ0) is 15.3. The maximum absolute atomic E-state index is 11.8. The van der Waals surface area contributed by atoms with Gasteiger partial charge in [-0.1, -0.05) is 15.9 Å². The van der Waals surface area contributed by atoms with Crippen LogP contribution in [0.3, 0.4) is 0 Å². The Labute approximate surface area is 137 Å². The molecule has 0 heterocycles. The van der Waals surface area contributed by atoms with E-state index in [4.69, 9.17) is 4.74 Å². The Kier molecular flexibility index (Phi) is 5.70. The Morgan fingerprint density at radius 2 is 2.00 bits per heavy atom. The highest BCUT2D eigenvalue weighted by molar-refractivity contribution is 9.10. The van der Waals surface area contributed by atoms with E-state index >= 15 is 0 Å². The summed E-state index contributed by atoms with van der Waals surface area (Å²) in [6.07, 6.45) is 2.55. The number of carbonyl (C=O) groups excluding carboxylic acids is 2. The minimum atomic E-state index is -0.160. The Bertz CT molecular complexity index is 514. The van der Waals surface area contributed by atoms with Gasteiger partial charge in [0.15, 0.2) is 0 Å². The van der Waals surface area contributed by atoms with Gasteiger partial charge >= 0.3 is 5.97 Å². The van der Waals surface area contributed by atoms with Crippen LogP contribution in [-0.2, 0) is 14.3 Å². The summed E-state index contributed by atoms with van der Waals surface area (Å²) in [5, 5.41) is 2.86. The molecule has 0 bridgehead atoms. The van der Waals surface area contributed by atoms with E-state index in [0.717, 1.165) is 28.8 Å². The highest BCUT2D eigenvalue weighted by Gasteiger charge is 2.44. The van der Waals surface area contributed by atoms with Crippen LogP contribution in [0.15, 0.2) is 28.7 Å². The zero-order valence-electron chi connectivity index (χ0n) is 11.9. The number of halogens is 1. The lowest BCUT2D eigenvalue weighted by Gasteiger charge is -2.13. The van der Waals surface area contributed by atoms with E-state index in [1.807, 2.05) is 24.3 Å². The predicted molar refractivity (Wildman–Crippen MR) is 88.4 cm³/mol. The van der Waals surface area contributed by atoms with E-state index in [9.17, 15) is 9.59 Å². The number of thioether (sulfide) groups is 1. The van der Waals surface area contributed by atoms with Gasteiger partial charge in [-0.25, -0.2) is 0 Å². The van der Waals surface area contributed by atoms with Crippen molar-refractivity contribution in [2.45, 2.75) is 19.3 Å². The van der Waals surface area contributed by atoms with Crippen LogP contribution in [0, 0.1) is 5.41 Å². The highest BCUT2D eigenvalue weighted by Crippen LogP contribution is 2.51. The van der Waals surface area contributed by atoms with Crippen molar-refractivity contribution in [1.82, 2.24) is 0 Å². The lowest BCUT2D eigenvalue weighted by molar-refractivity contribution is -0.141. The van der Waals surface area contributed by atoms with Crippen molar-refractivity contribution >= 4 is 45.3 Å². The maximum Gasteiger partial charge on any atom is 0.306 e. The Morgan fingerprint density at radius 1 is 1.33 bits per heavy atom. The fourth-order valence-corrected chi connectivity index (χ4v) is 3.47. The largest absolute Gasteiger partial charge is 0.469 e. The number of amides is 1. The third-order valence-electron chi connectivity index (χ3n) is 3.47.